The number of carbonyl (C=O) groups excluding carboxylic acids is 2. The number of aliphatic carboxylic acids is 1. The van der Waals surface area contributed by atoms with Gasteiger partial charge in [0.05, 0.1) is 6.04 Å². The average molecular weight is 463 g/mol. The third-order valence-corrected chi connectivity index (χ3v) is 5.96. The van der Waals surface area contributed by atoms with E-state index in [0.717, 1.165) is 22.3 Å². The molecule has 1 aromatic heterocycles. The predicted molar refractivity (Wildman–Crippen MR) is 118 cm³/mol. The summed E-state index contributed by atoms with van der Waals surface area (Å²) in [7, 11) is 0. The molecule has 1 saturated heterocycles. The number of anilines is 1. The second-order valence-electron chi connectivity index (χ2n) is 8.03. The van der Waals surface area contributed by atoms with Crippen LogP contribution in [0, 0.1) is 0 Å². The maximum Gasteiger partial charge on any atom is 0.414 e. The van der Waals surface area contributed by atoms with E-state index in [-0.39, 0.29) is 30.7 Å². The third kappa shape index (κ3) is 4.11. The van der Waals surface area contributed by atoms with Crippen LogP contribution >= 0.6 is 0 Å². The number of hydrogen-bond donors (Lipinski definition) is 3. The molecule has 10 nitrogen and oxygen atoms in total. The van der Waals surface area contributed by atoms with E-state index in [1.807, 2.05) is 48.5 Å². The van der Waals surface area contributed by atoms with E-state index < -0.39 is 30.1 Å². The van der Waals surface area contributed by atoms with Crippen LogP contribution in [-0.4, -0.2) is 53.6 Å². The zero-order valence-electron chi connectivity index (χ0n) is 17.9. The highest BCUT2D eigenvalue weighted by atomic mass is 16.6. The number of carbonyl (C=O) groups is 3. The molecule has 0 spiro atoms. The maximum atomic E-state index is 12.4. The Labute approximate surface area is 193 Å². The van der Waals surface area contributed by atoms with Gasteiger partial charge in [-0.25, -0.2) is 9.59 Å². The molecule has 174 valence electrons. The van der Waals surface area contributed by atoms with Crippen LogP contribution in [0.1, 0.15) is 34.0 Å². The number of benzene rings is 2. The molecule has 0 saturated carbocycles. The molecular weight excluding hydrogens is 442 g/mol. The third-order valence-electron chi connectivity index (χ3n) is 5.96. The molecule has 0 bridgehead atoms. The van der Waals surface area contributed by atoms with Gasteiger partial charge in [-0.2, -0.15) is 0 Å². The highest BCUT2D eigenvalue weighted by Gasteiger charge is 2.36. The lowest BCUT2D eigenvalue weighted by molar-refractivity contribution is -0.148. The molecule has 2 amide bonds. The summed E-state index contributed by atoms with van der Waals surface area (Å²) in [4.78, 5) is 35.9. The molecule has 1 aliphatic carbocycles. The lowest BCUT2D eigenvalue weighted by Gasteiger charge is -2.15. The topological polar surface area (TPSA) is 140 Å². The Balaban J connectivity index is 1.19. The fourth-order valence-electron chi connectivity index (χ4n) is 4.40. The summed E-state index contributed by atoms with van der Waals surface area (Å²) in [5.41, 5.74) is 4.31. The Bertz CT molecular complexity index is 1210. The van der Waals surface area contributed by atoms with Crippen LogP contribution < -0.4 is 10.6 Å². The molecule has 0 unspecified atom stereocenters. The molecule has 34 heavy (non-hydrogen) atoms. The van der Waals surface area contributed by atoms with E-state index in [1.165, 1.54) is 6.07 Å². The highest BCUT2D eigenvalue weighted by molar-refractivity contribution is 5.94. The van der Waals surface area contributed by atoms with E-state index in [9.17, 15) is 14.4 Å². The summed E-state index contributed by atoms with van der Waals surface area (Å²) in [6.07, 6.45) is -1.50. The Hall–Kier alpha value is -4.18. The standard InChI is InChI=1S/C24H21N3O7/c28-22(25-18-9-10-32-21(18)23(29)30)19-11-20(34-27-19)26-24(31)33-12-17-15-7-3-1-5-13(15)14-6-2-4-8-16(14)17/h1-8,11,17-18,21H,9-10,12H2,(H,25,28)(H,26,31)(H,29,30)/t18-,21+/m1/s1. The number of nitrogens with one attached hydrogen (secondary N) is 2. The quantitative estimate of drug-likeness (QED) is 0.507. The number of carboxylic acids is 1. The summed E-state index contributed by atoms with van der Waals surface area (Å²) in [5, 5.41) is 17.8. The second-order valence-corrected chi connectivity index (χ2v) is 8.03. The summed E-state index contributed by atoms with van der Waals surface area (Å²) >= 11 is 0. The number of fused-ring (bicyclic) bond motifs is 3. The fourth-order valence-corrected chi connectivity index (χ4v) is 4.40. The zero-order valence-corrected chi connectivity index (χ0v) is 17.9. The van der Waals surface area contributed by atoms with Gasteiger partial charge in [0, 0.05) is 18.6 Å². The van der Waals surface area contributed by atoms with E-state index in [1.54, 1.807) is 0 Å². The predicted octanol–water partition coefficient (Wildman–Crippen LogP) is 3.01. The molecule has 2 heterocycles. The van der Waals surface area contributed by atoms with Gasteiger partial charge in [-0.1, -0.05) is 53.7 Å². The molecule has 2 aromatic carbocycles. The van der Waals surface area contributed by atoms with Crippen molar-refractivity contribution < 1.29 is 33.5 Å². The number of aromatic nitrogens is 1. The second kappa shape index (κ2) is 8.99. The fraction of sp³-hybridized carbons (Fsp3) is 0.250. The molecule has 2 aliphatic rings. The Morgan fingerprint density at radius 3 is 2.41 bits per heavy atom. The number of hydrogen-bond acceptors (Lipinski definition) is 7. The van der Waals surface area contributed by atoms with Gasteiger partial charge in [0.25, 0.3) is 5.91 Å². The van der Waals surface area contributed by atoms with Crippen LogP contribution in [0.5, 0.6) is 0 Å². The van der Waals surface area contributed by atoms with Crippen molar-refractivity contribution in [2.75, 3.05) is 18.5 Å². The summed E-state index contributed by atoms with van der Waals surface area (Å²) in [6.45, 7) is 0.356. The van der Waals surface area contributed by atoms with Crippen molar-refractivity contribution in [3.63, 3.8) is 0 Å². The molecule has 10 heteroatoms. The Morgan fingerprint density at radius 2 is 1.74 bits per heavy atom. The van der Waals surface area contributed by atoms with Crippen LogP contribution in [0.15, 0.2) is 59.1 Å². The van der Waals surface area contributed by atoms with Crippen LogP contribution in [0.3, 0.4) is 0 Å². The van der Waals surface area contributed by atoms with Gasteiger partial charge < -0.3 is 24.4 Å². The first-order valence-corrected chi connectivity index (χ1v) is 10.8. The SMILES string of the molecule is O=C(Nc1cc(C(=O)N[C@@H]2CCO[C@@H]2C(=O)O)no1)OCC1c2ccccc2-c2ccccc21. The minimum atomic E-state index is -1.15. The van der Waals surface area contributed by atoms with Gasteiger partial charge in [0.15, 0.2) is 11.8 Å². The van der Waals surface area contributed by atoms with Crippen molar-refractivity contribution in [1.82, 2.24) is 10.5 Å². The van der Waals surface area contributed by atoms with Crippen molar-refractivity contribution in [2.45, 2.75) is 24.5 Å². The average Bonchev–Trinajstić information content (AvgIpc) is 3.56. The van der Waals surface area contributed by atoms with Crippen molar-refractivity contribution in [3.05, 3.63) is 71.4 Å². The molecule has 5 rings (SSSR count). The van der Waals surface area contributed by atoms with Gasteiger partial charge in [0.2, 0.25) is 5.88 Å². The van der Waals surface area contributed by atoms with Gasteiger partial charge in [-0.3, -0.25) is 10.1 Å². The van der Waals surface area contributed by atoms with Crippen LogP contribution in [0.4, 0.5) is 10.7 Å². The van der Waals surface area contributed by atoms with E-state index >= 15 is 0 Å². The first-order valence-electron chi connectivity index (χ1n) is 10.8. The van der Waals surface area contributed by atoms with Gasteiger partial charge >= 0.3 is 12.1 Å². The largest absolute Gasteiger partial charge is 0.479 e. The maximum absolute atomic E-state index is 12.4. The first-order chi connectivity index (χ1) is 16.5. The number of rotatable bonds is 6. The molecule has 3 N–H and O–H groups in total. The minimum Gasteiger partial charge on any atom is -0.479 e. The van der Waals surface area contributed by atoms with Crippen molar-refractivity contribution in [1.29, 1.82) is 0 Å². The van der Waals surface area contributed by atoms with Crippen LogP contribution in [0.2, 0.25) is 0 Å². The lowest BCUT2D eigenvalue weighted by Crippen LogP contribution is -2.44. The molecule has 1 aliphatic heterocycles. The normalized spacial score (nSPS) is 18.7. The van der Waals surface area contributed by atoms with Crippen molar-refractivity contribution in [2.24, 2.45) is 0 Å². The van der Waals surface area contributed by atoms with Crippen molar-refractivity contribution >= 4 is 23.9 Å². The van der Waals surface area contributed by atoms with E-state index in [2.05, 4.69) is 15.8 Å². The molecule has 0 radical (unpaired) electrons. The Kier molecular flexibility index (Phi) is 5.72. The van der Waals surface area contributed by atoms with E-state index in [4.69, 9.17) is 19.1 Å². The number of carboxylic acid groups (broad SMARTS) is 1. The summed E-state index contributed by atoms with van der Waals surface area (Å²) in [5.74, 6) is -1.95. The van der Waals surface area contributed by atoms with Crippen LogP contribution in [-0.2, 0) is 14.3 Å². The lowest BCUT2D eigenvalue weighted by atomic mass is 9.98. The molecular formula is C24H21N3O7. The van der Waals surface area contributed by atoms with Crippen molar-refractivity contribution in [3.8, 4) is 11.1 Å². The molecule has 1 fully saturated rings. The monoisotopic (exact) mass is 463 g/mol. The number of ether oxygens (including phenoxy) is 2. The van der Waals surface area contributed by atoms with Crippen LogP contribution in [0.25, 0.3) is 11.1 Å². The smallest absolute Gasteiger partial charge is 0.414 e. The number of nitrogens with zero attached hydrogens (tertiary/aromatic N) is 1. The first kappa shape index (κ1) is 21.7. The minimum absolute atomic E-state index is 0.0696. The van der Waals surface area contributed by atoms with E-state index in [0.29, 0.717) is 6.42 Å². The zero-order chi connectivity index (χ0) is 23.7. The Morgan fingerprint density at radius 1 is 1.06 bits per heavy atom. The molecule has 3 aromatic rings. The summed E-state index contributed by atoms with van der Waals surface area (Å²) < 4.78 is 15.6. The van der Waals surface area contributed by atoms with Gasteiger partial charge in [0.1, 0.15) is 6.61 Å². The van der Waals surface area contributed by atoms with Gasteiger partial charge in [-0.05, 0) is 28.7 Å². The number of amides is 2. The van der Waals surface area contributed by atoms with Gasteiger partial charge in [-0.15, -0.1) is 0 Å². The highest BCUT2D eigenvalue weighted by Crippen LogP contribution is 2.44. The molecule has 2 atom stereocenters. The summed E-state index contributed by atoms with van der Waals surface area (Å²) in [6, 6.07) is 16.6.